The molecule has 0 fully saturated rings. The second kappa shape index (κ2) is 38.2. The van der Waals surface area contributed by atoms with Gasteiger partial charge in [-0.05, 0) is 93.7 Å². The summed E-state index contributed by atoms with van der Waals surface area (Å²) in [6.45, 7) is 20.6. The standard InChI is InChI=1S/C36H78O6S6Si2/c1-9-17-19-21-23-25-27-29-31-33-35(49(37-11-3,38-12-4)39-13-5)43-45-47-48-46-44-36(50(40-14-6,41-15-7)42-16-8)34-32-30-28-26-24-22-20-18-10-2/h35-36H,9-34H2,1-8H3. The molecule has 0 aliphatic rings. The molecule has 0 aromatic heterocycles. The van der Waals surface area contributed by atoms with Gasteiger partial charge in [0.2, 0.25) is 0 Å². The Bertz CT molecular complexity index is 619. The number of unbranched alkanes of at least 4 members (excludes halogenated alkanes) is 16. The van der Waals surface area contributed by atoms with E-state index in [1.54, 1.807) is 0 Å². The van der Waals surface area contributed by atoms with E-state index in [4.69, 9.17) is 26.6 Å². The largest absolute Gasteiger partial charge is 0.515 e. The second-order valence-electron chi connectivity index (χ2n) is 12.5. The second-order valence-corrected chi connectivity index (χ2v) is 28.6. The lowest BCUT2D eigenvalue weighted by molar-refractivity contribution is 0.0680. The summed E-state index contributed by atoms with van der Waals surface area (Å²) in [6.07, 6.45) is 26.1. The molecule has 2 atom stereocenters. The van der Waals surface area contributed by atoms with E-state index in [2.05, 4.69) is 55.4 Å². The third-order valence-corrected chi connectivity index (χ3v) is 29.2. The molecular formula is C36H78O6S6Si2. The van der Waals surface area contributed by atoms with E-state index >= 15 is 0 Å². The predicted octanol–water partition coefficient (Wildman–Crippen LogP) is 14.7. The molecule has 14 heteroatoms. The van der Waals surface area contributed by atoms with Gasteiger partial charge in [-0.3, -0.25) is 0 Å². The van der Waals surface area contributed by atoms with Crippen LogP contribution in [0.15, 0.2) is 0 Å². The van der Waals surface area contributed by atoms with Crippen molar-refractivity contribution in [2.24, 2.45) is 0 Å². The smallest absolute Gasteiger partial charge is 0.373 e. The van der Waals surface area contributed by atoms with Gasteiger partial charge in [-0.2, -0.15) is 0 Å². The summed E-state index contributed by atoms with van der Waals surface area (Å²) >= 11 is 0. The molecule has 0 aliphatic heterocycles. The maximum absolute atomic E-state index is 6.40. The van der Waals surface area contributed by atoms with Crippen LogP contribution in [0.5, 0.6) is 0 Å². The monoisotopic (exact) mass is 854 g/mol. The van der Waals surface area contributed by atoms with Gasteiger partial charge >= 0.3 is 17.6 Å². The Morgan fingerprint density at radius 3 is 0.800 bits per heavy atom. The molecule has 6 nitrogen and oxygen atoms in total. The Hall–Kier alpha value is 2.29. The van der Waals surface area contributed by atoms with Crippen LogP contribution in [-0.4, -0.2) is 67.0 Å². The molecule has 0 aliphatic carbocycles. The van der Waals surface area contributed by atoms with Gasteiger partial charge in [0.1, 0.15) is 0 Å². The third kappa shape index (κ3) is 25.5. The highest BCUT2D eigenvalue weighted by Crippen LogP contribution is 2.56. The van der Waals surface area contributed by atoms with Crippen molar-refractivity contribution in [3.8, 4) is 0 Å². The normalized spacial score (nSPS) is 13.7. The van der Waals surface area contributed by atoms with Crippen LogP contribution in [0.1, 0.15) is 184 Å². The SMILES string of the molecule is CCCCCCCCCCCC(SSSSSSC(CCCCCCCCCCC)[Si](OCC)(OCC)OCC)[Si](OCC)(OCC)OCC. The maximum Gasteiger partial charge on any atom is 0.515 e. The predicted molar refractivity (Wildman–Crippen MR) is 238 cm³/mol. The molecule has 2 unspecified atom stereocenters. The molecule has 0 heterocycles. The molecule has 0 bridgehead atoms. The van der Waals surface area contributed by atoms with Gasteiger partial charge < -0.3 is 26.6 Å². The van der Waals surface area contributed by atoms with Gasteiger partial charge in [0.05, 0.1) is 9.75 Å². The average molecular weight is 856 g/mol. The number of rotatable bonds is 41. The summed E-state index contributed by atoms with van der Waals surface area (Å²) in [7, 11) is 5.50. The average Bonchev–Trinajstić information content (AvgIpc) is 3.10. The van der Waals surface area contributed by atoms with Gasteiger partial charge in [-0.1, -0.05) is 151 Å². The molecule has 0 saturated carbocycles. The van der Waals surface area contributed by atoms with Gasteiger partial charge in [0.25, 0.3) is 0 Å². The fourth-order valence-corrected chi connectivity index (χ4v) is 29.2. The highest BCUT2D eigenvalue weighted by molar-refractivity contribution is 9.42. The zero-order valence-electron chi connectivity index (χ0n) is 33.4. The highest BCUT2D eigenvalue weighted by Gasteiger charge is 2.51. The quantitative estimate of drug-likeness (QED) is 0.0334. The minimum atomic E-state index is -2.82. The van der Waals surface area contributed by atoms with Crippen molar-refractivity contribution in [1.82, 2.24) is 0 Å². The Balaban J connectivity index is 5.21. The highest BCUT2D eigenvalue weighted by atomic mass is 33.9. The summed E-state index contributed by atoms with van der Waals surface area (Å²) < 4.78 is 38.4. The van der Waals surface area contributed by atoms with E-state index in [1.807, 2.05) is 60.9 Å². The summed E-state index contributed by atoms with van der Waals surface area (Å²) in [5.41, 5.74) is 0. The Labute approximate surface area is 335 Å². The molecule has 0 amide bonds. The minimum Gasteiger partial charge on any atom is -0.373 e. The maximum atomic E-state index is 6.40. The van der Waals surface area contributed by atoms with Crippen LogP contribution < -0.4 is 0 Å². The Morgan fingerprint density at radius 1 is 0.320 bits per heavy atom. The molecule has 0 aromatic rings. The molecule has 50 heavy (non-hydrogen) atoms. The molecular weight excluding hydrogens is 777 g/mol. The van der Waals surface area contributed by atoms with E-state index in [9.17, 15) is 0 Å². The van der Waals surface area contributed by atoms with E-state index in [-0.39, 0.29) is 9.75 Å². The lowest BCUT2D eigenvalue weighted by atomic mass is 10.1. The first-order chi connectivity index (χ1) is 24.5. The van der Waals surface area contributed by atoms with Crippen molar-refractivity contribution in [1.29, 1.82) is 0 Å². The van der Waals surface area contributed by atoms with Crippen LogP contribution in [-0.2, 0) is 26.6 Å². The Kier molecular flexibility index (Phi) is 39.9. The van der Waals surface area contributed by atoms with Crippen molar-refractivity contribution in [2.45, 2.75) is 194 Å². The van der Waals surface area contributed by atoms with Crippen LogP contribution in [0, 0.1) is 0 Å². The lowest BCUT2D eigenvalue weighted by Crippen LogP contribution is -2.55. The number of hydrogen-bond acceptors (Lipinski definition) is 12. The van der Waals surface area contributed by atoms with Crippen molar-refractivity contribution in [3.05, 3.63) is 0 Å². The zero-order valence-corrected chi connectivity index (χ0v) is 40.3. The van der Waals surface area contributed by atoms with Crippen LogP contribution in [0.25, 0.3) is 0 Å². The first-order valence-electron chi connectivity index (χ1n) is 20.3. The lowest BCUT2D eigenvalue weighted by Gasteiger charge is -2.34. The van der Waals surface area contributed by atoms with Crippen LogP contribution in [0.2, 0.25) is 0 Å². The van der Waals surface area contributed by atoms with Crippen LogP contribution >= 0.6 is 60.9 Å². The van der Waals surface area contributed by atoms with E-state index in [0.717, 1.165) is 12.8 Å². The number of hydrogen-bond donors (Lipinski definition) is 0. The molecule has 0 saturated heterocycles. The summed E-state index contributed by atoms with van der Waals surface area (Å²) in [4.78, 5) is 0.437. The van der Waals surface area contributed by atoms with Crippen molar-refractivity contribution in [2.75, 3.05) is 39.6 Å². The van der Waals surface area contributed by atoms with Crippen molar-refractivity contribution in [3.63, 3.8) is 0 Å². The third-order valence-electron chi connectivity index (χ3n) is 8.40. The van der Waals surface area contributed by atoms with Crippen molar-refractivity contribution >= 4 is 78.5 Å². The molecule has 0 N–H and O–H groups in total. The van der Waals surface area contributed by atoms with E-state index in [0.29, 0.717) is 39.6 Å². The van der Waals surface area contributed by atoms with Gasteiger partial charge in [0.15, 0.2) is 0 Å². The van der Waals surface area contributed by atoms with Crippen LogP contribution in [0.4, 0.5) is 0 Å². The van der Waals surface area contributed by atoms with E-state index < -0.39 is 17.6 Å². The van der Waals surface area contributed by atoms with Gasteiger partial charge in [-0.25, -0.2) is 0 Å². The molecule has 0 radical (unpaired) electrons. The zero-order chi connectivity index (χ0) is 37.0. The molecule has 0 rings (SSSR count). The first kappa shape index (κ1) is 52.3. The van der Waals surface area contributed by atoms with Gasteiger partial charge in [-0.15, -0.1) is 0 Å². The van der Waals surface area contributed by atoms with E-state index in [1.165, 1.54) is 116 Å². The Morgan fingerprint density at radius 2 is 0.560 bits per heavy atom. The summed E-state index contributed by atoms with van der Waals surface area (Å²) in [5, 5.41) is 0. The summed E-state index contributed by atoms with van der Waals surface area (Å²) in [5.74, 6) is 0. The first-order valence-corrected chi connectivity index (χ1v) is 31.5. The fraction of sp³-hybridized carbons (Fsp3) is 1.00. The molecule has 302 valence electrons. The summed E-state index contributed by atoms with van der Waals surface area (Å²) in [6, 6.07) is 0. The van der Waals surface area contributed by atoms with Crippen LogP contribution in [0.3, 0.4) is 0 Å². The van der Waals surface area contributed by atoms with Crippen molar-refractivity contribution < 1.29 is 26.6 Å². The molecule has 0 aromatic carbocycles. The fourth-order valence-electron chi connectivity index (χ4n) is 6.01. The minimum absolute atomic E-state index is 0.218. The van der Waals surface area contributed by atoms with Gasteiger partial charge in [0, 0.05) is 39.6 Å². The molecule has 0 spiro atoms. The topological polar surface area (TPSA) is 55.4 Å².